The third-order valence-corrected chi connectivity index (χ3v) is 9.78. The second-order valence-corrected chi connectivity index (χ2v) is 12.2. The highest BCUT2D eigenvalue weighted by atomic mass is 32.2. The molecule has 0 bridgehead atoms. The van der Waals surface area contributed by atoms with Gasteiger partial charge >= 0.3 is 0 Å². The molecule has 4 aromatic rings. The van der Waals surface area contributed by atoms with Crippen LogP contribution < -0.4 is 4.90 Å². The molecular formula is C31H35N5OS2. The van der Waals surface area contributed by atoms with Crippen LogP contribution in [0.3, 0.4) is 0 Å². The molecule has 2 aromatic carbocycles. The molecule has 6 rings (SSSR count). The zero-order chi connectivity index (χ0) is 26.4. The summed E-state index contributed by atoms with van der Waals surface area (Å²) in [5, 5.41) is 1.22. The predicted molar refractivity (Wildman–Crippen MR) is 164 cm³/mol. The van der Waals surface area contributed by atoms with Crippen molar-refractivity contribution in [2.45, 2.75) is 18.2 Å². The highest BCUT2D eigenvalue weighted by Gasteiger charge is 2.30. The third kappa shape index (κ3) is 6.21. The summed E-state index contributed by atoms with van der Waals surface area (Å²) < 4.78 is 5.25. The van der Waals surface area contributed by atoms with Gasteiger partial charge in [-0.25, -0.2) is 9.97 Å². The van der Waals surface area contributed by atoms with Crippen molar-refractivity contribution in [2.75, 3.05) is 57.9 Å². The number of aromatic nitrogens is 2. The van der Waals surface area contributed by atoms with Gasteiger partial charge in [0.05, 0.1) is 12.3 Å². The van der Waals surface area contributed by atoms with E-state index in [0.29, 0.717) is 0 Å². The van der Waals surface area contributed by atoms with Gasteiger partial charge in [0.1, 0.15) is 20.7 Å². The van der Waals surface area contributed by atoms with Crippen molar-refractivity contribution in [3.05, 3.63) is 89.6 Å². The fourth-order valence-electron chi connectivity index (χ4n) is 5.32. The first-order chi connectivity index (χ1) is 19.3. The summed E-state index contributed by atoms with van der Waals surface area (Å²) in [4.78, 5) is 19.5. The number of nitrogens with zero attached hydrogens (tertiary/aromatic N) is 5. The molecule has 8 heteroatoms. The average molecular weight is 558 g/mol. The van der Waals surface area contributed by atoms with Crippen LogP contribution in [0.25, 0.3) is 20.9 Å². The molecule has 4 heterocycles. The Morgan fingerprint density at radius 2 is 1.67 bits per heavy atom. The molecule has 0 radical (unpaired) electrons. The molecule has 0 spiro atoms. The van der Waals surface area contributed by atoms with Crippen LogP contribution in [-0.4, -0.2) is 72.8 Å². The van der Waals surface area contributed by atoms with Crippen molar-refractivity contribution < 1.29 is 4.74 Å². The number of ether oxygens (including phenoxy) is 1. The Bertz CT molecular complexity index is 1370. The van der Waals surface area contributed by atoms with Gasteiger partial charge in [0.25, 0.3) is 0 Å². The SMILES string of the molecule is COCCN1CCN(CCCC2=CN(c3ccccc3-c3nc4cccnc4s3)C(c3ccccc3)S2)CC1. The van der Waals surface area contributed by atoms with Crippen molar-refractivity contribution in [2.24, 2.45) is 0 Å². The Kier molecular flexibility index (Phi) is 8.56. The van der Waals surface area contributed by atoms with Crippen LogP contribution in [0.5, 0.6) is 0 Å². The molecule has 0 saturated carbocycles. The number of thioether (sulfide) groups is 1. The van der Waals surface area contributed by atoms with Crippen LogP contribution in [0, 0.1) is 0 Å². The molecule has 2 aliphatic rings. The van der Waals surface area contributed by atoms with Crippen molar-refractivity contribution >= 4 is 39.1 Å². The first-order valence-electron chi connectivity index (χ1n) is 13.7. The Labute approximate surface area is 239 Å². The maximum atomic E-state index is 5.25. The van der Waals surface area contributed by atoms with Crippen molar-refractivity contribution in [3.63, 3.8) is 0 Å². The monoisotopic (exact) mass is 557 g/mol. The lowest BCUT2D eigenvalue weighted by Gasteiger charge is -2.34. The van der Waals surface area contributed by atoms with Gasteiger partial charge in [-0.1, -0.05) is 65.6 Å². The summed E-state index contributed by atoms with van der Waals surface area (Å²) in [6.07, 6.45) is 6.50. The van der Waals surface area contributed by atoms with Gasteiger partial charge in [-0.15, -0.1) is 0 Å². The van der Waals surface area contributed by atoms with E-state index >= 15 is 0 Å². The Balaban J connectivity index is 1.19. The number of piperazine rings is 1. The lowest BCUT2D eigenvalue weighted by molar-refractivity contribution is 0.0966. The summed E-state index contributed by atoms with van der Waals surface area (Å²) in [6.45, 7) is 7.61. The molecule has 1 unspecified atom stereocenters. The minimum absolute atomic E-state index is 0.208. The fraction of sp³-hybridized carbons (Fsp3) is 0.355. The van der Waals surface area contributed by atoms with Crippen molar-refractivity contribution in [1.29, 1.82) is 0 Å². The Morgan fingerprint density at radius 3 is 2.46 bits per heavy atom. The first kappa shape index (κ1) is 26.5. The molecule has 39 heavy (non-hydrogen) atoms. The van der Waals surface area contributed by atoms with Gasteiger partial charge < -0.3 is 14.5 Å². The standard InChI is InChI=1S/C31H35N5OS2/c1-37-22-21-35-19-17-34(18-20-35)16-8-11-25-23-36(31(38-25)24-9-3-2-4-10-24)28-14-6-5-12-26(28)29-33-27-13-7-15-32-30(27)39-29/h2-7,9-10,12-15,23,31H,8,11,16-22H2,1H3. The Hall–Kier alpha value is -2.75. The van der Waals surface area contributed by atoms with Gasteiger partial charge in [0.2, 0.25) is 0 Å². The molecule has 1 atom stereocenters. The molecular weight excluding hydrogens is 523 g/mol. The maximum absolute atomic E-state index is 5.25. The zero-order valence-electron chi connectivity index (χ0n) is 22.4. The van der Waals surface area contributed by atoms with Crippen molar-refractivity contribution in [1.82, 2.24) is 19.8 Å². The average Bonchev–Trinajstić information content (AvgIpc) is 3.62. The fourth-order valence-corrected chi connectivity index (χ4v) is 7.56. The number of thiazole rings is 1. The highest BCUT2D eigenvalue weighted by molar-refractivity contribution is 8.03. The van der Waals surface area contributed by atoms with Gasteiger partial charge in [0, 0.05) is 62.7 Å². The second kappa shape index (κ2) is 12.6. The topological polar surface area (TPSA) is 44.7 Å². The quantitative estimate of drug-likeness (QED) is 0.221. The lowest BCUT2D eigenvalue weighted by atomic mass is 10.1. The molecule has 202 valence electrons. The summed E-state index contributed by atoms with van der Waals surface area (Å²) in [5.74, 6) is 0. The van der Waals surface area contributed by atoms with E-state index in [0.717, 1.165) is 73.2 Å². The number of allylic oxidation sites excluding steroid dienone is 1. The largest absolute Gasteiger partial charge is 0.383 e. The minimum atomic E-state index is 0.208. The molecule has 1 saturated heterocycles. The van der Waals surface area contributed by atoms with Gasteiger partial charge in [-0.3, -0.25) is 4.90 Å². The summed E-state index contributed by atoms with van der Waals surface area (Å²) in [5.41, 5.74) is 4.63. The number of rotatable bonds is 10. The maximum Gasteiger partial charge on any atom is 0.143 e. The molecule has 2 aliphatic heterocycles. The summed E-state index contributed by atoms with van der Waals surface area (Å²) >= 11 is 3.65. The molecule has 0 aliphatic carbocycles. The van der Waals surface area contributed by atoms with Crippen LogP contribution in [0.4, 0.5) is 5.69 Å². The molecule has 0 N–H and O–H groups in total. The summed E-state index contributed by atoms with van der Waals surface area (Å²) in [7, 11) is 1.78. The van der Waals surface area contributed by atoms with E-state index < -0.39 is 0 Å². The number of fused-ring (bicyclic) bond motifs is 1. The lowest BCUT2D eigenvalue weighted by Crippen LogP contribution is -2.47. The second-order valence-electron chi connectivity index (χ2n) is 10.0. The number of para-hydroxylation sites is 1. The van der Waals surface area contributed by atoms with Crippen LogP contribution >= 0.6 is 23.1 Å². The minimum Gasteiger partial charge on any atom is -0.383 e. The van der Waals surface area contributed by atoms with Gasteiger partial charge in [0.15, 0.2) is 0 Å². The summed E-state index contributed by atoms with van der Waals surface area (Å²) in [6, 6.07) is 23.5. The normalized spacial score (nSPS) is 18.6. The predicted octanol–water partition coefficient (Wildman–Crippen LogP) is 6.50. The number of hydrogen-bond acceptors (Lipinski definition) is 8. The van der Waals surface area contributed by atoms with Gasteiger partial charge in [-0.05, 0) is 49.2 Å². The van der Waals surface area contributed by atoms with Crippen LogP contribution in [0.1, 0.15) is 23.8 Å². The first-order valence-corrected chi connectivity index (χ1v) is 15.4. The van der Waals surface area contributed by atoms with E-state index in [1.54, 1.807) is 18.4 Å². The number of hydrogen-bond donors (Lipinski definition) is 0. The number of methoxy groups -OCH3 is 1. The zero-order valence-corrected chi connectivity index (χ0v) is 24.0. The molecule has 2 aromatic heterocycles. The van der Waals surface area contributed by atoms with Crippen molar-refractivity contribution in [3.8, 4) is 10.6 Å². The van der Waals surface area contributed by atoms with E-state index in [1.165, 1.54) is 22.6 Å². The number of anilines is 1. The molecule has 0 amide bonds. The van der Waals surface area contributed by atoms with E-state index in [-0.39, 0.29) is 5.37 Å². The molecule has 1 fully saturated rings. The number of benzene rings is 2. The Morgan fingerprint density at radius 1 is 0.897 bits per heavy atom. The molecule has 6 nitrogen and oxygen atoms in total. The van der Waals surface area contributed by atoms with Gasteiger partial charge in [-0.2, -0.15) is 0 Å². The highest BCUT2D eigenvalue weighted by Crippen LogP contribution is 2.50. The van der Waals surface area contributed by atoms with Crippen LogP contribution in [-0.2, 0) is 4.74 Å². The van der Waals surface area contributed by atoms with E-state index in [4.69, 9.17) is 9.72 Å². The van der Waals surface area contributed by atoms with Crippen LogP contribution in [0.2, 0.25) is 0 Å². The van der Waals surface area contributed by atoms with E-state index in [9.17, 15) is 0 Å². The third-order valence-electron chi connectivity index (χ3n) is 7.44. The van der Waals surface area contributed by atoms with E-state index in [1.807, 2.05) is 30.1 Å². The number of pyridine rings is 1. The van der Waals surface area contributed by atoms with E-state index in [2.05, 4.69) is 80.5 Å². The van der Waals surface area contributed by atoms with Crippen LogP contribution in [0.15, 0.2) is 84.0 Å². The smallest absolute Gasteiger partial charge is 0.143 e.